The predicted molar refractivity (Wildman–Crippen MR) is 109 cm³/mol. The molecule has 0 bridgehead atoms. The second-order valence-electron chi connectivity index (χ2n) is 7.37. The summed E-state index contributed by atoms with van der Waals surface area (Å²) in [6.07, 6.45) is 3.60. The molecular formula is C21H24N4O2. The topological polar surface area (TPSA) is 77.3 Å². The second kappa shape index (κ2) is 7.04. The summed E-state index contributed by atoms with van der Waals surface area (Å²) >= 11 is 0. The van der Waals surface area contributed by atoms with Crippen molar-refractivity contribution in [2.75, 3.05) is 19.3 Å². The van der Waals surface area contributed by atoms with Gasteiger partial charge in [0, 0.05) is 47.0 Å². The van der Waals surface area contributed by atoms with Gasteiger partial charge < -0.3 is 15.2 Å². The van der Waals surface area contributed by atoms with Crippen molar-refractivity contribution in [3.63, 3.8) is 0 Å². The molecule has 2 N–H and O–H groups in total. The zero-order valence-corrected chi connectivity index (χ0v) is 15.5. The quantitative estimate of drug-likeness (QED) is 0.416. The van der Waals surface area contributed by atoms with Gasteiger partial charge in [0.25, 0.3) is 5.69 Å². The van der Waals surface area contributed by atoms with Gasteiger partial charge in [0.2, 0.25) is 0 Å². The molecule has 0 spiro atoms. The molecule has 0 saturated carbocycles. The minimum Gasteiger partial charge on any atom is -0.399 e. The fourth-order valence-corrected chi connectivity index (χ4v) is 4.15. The first-order valence-electron chi connectivity index (χ1n) is 9.37. The normalized spacial score (nSPS) is 17.6. The Morgan fingerprint density at radius 3 is 2.63 bits per heavy atom. The van der Waals surface area contributed by atoms with E-state index in [1.165, 1.54) is 19.4 Å². The third kappa shape index (κ3) is 3.40. The molecule has 1 saturated heterocycles. The number of non-ortho nitro benzene ring substituents is 1. The Hall–Kier alpha value is -2.86. The number of nitrogens with zero attached hydrogens (tertiary/aromatic N) is 3. The van der Waals surface area contributed by atoms with Crippen molar-refractivity contribution in [1.82, 2.24) is 9.47 Å². The number of fused-ring (bicyclic) bond motifs is 1. The smallest absolute Gasteiger partial charge is 0.269 e. The zero-order chi connectivity index (χ0) is 19.0. The molecule has 1 unspecified atom stereocenters. The number of nitrogen functional groups attached to an aromatic ring is 1. The van der Waals surface area contributed by atoms with E-state index in [9.17, 15) is 10.1 Å². The first-order valence-corrected chi connectivity index (χ1v) is 9.37. The van der Waals surface area contributed by atoms with Crippen LogP contribution in [-0.2, 0) is 6.54 Å². The number of rotatable bonds is 5. The number of hydrogen-bond acceptors (Lipinski definition) is 4. The highest BCUT2D eigenvalue weighted by atomic mass is 16.6. The Balaban J connectivity index is 1.72. The summed E-state index contributed by atoms with van der Waals surface area (Å²) in [4.78, 5) is 13.0. The first kappa shape index (κ1) is 17.5. The molecule has 1 atom stereocenters. The molecular weight excluding hydrogens is 340 g/mol. The number of aryl methyl sites for hydroxylation is 1. The lowest BCUT2D eigenvalue weighted by molar-refractivity contribution is -0.384. The van der Waals surface area contributed by atoms with E-state index in [2.05, 4.69) is 28.6 Å². The SMILES string of the molecule is CN1CCCC1CCn1c(-c2ccc([N+](=O)[O-])cc2)cc2cc(N)ccc21. The summed E-state index contributed by atoms with van der Waals surface area (Å²) in [5.41, 5.74) is 10.0. The van der Waals surface area contributed by atoms with Gasteiger partial charge in [0.15, 0.2) is 0 Å². The molecule has 1 aromatic heterocycles. The van der Waals surface area contributed by atoms with Crippen LogP contribution in [0.5, 0.6) is 0 Å². The maximum absolute atomic E-state index is 11.0. The van der Waals surface area contributed by atoms with E-state index in [4.69, 9.17) is 5.73 Å². The zero-order valence-electron chi connectivity index (χ0n) is 15.5. The average molecular weight is 364 g/mol. The van der Waals surface area contributed by atoms with E-state index in [-0.39, 0.29) is 10.6 Å². The Kier molecular flexibility index (Phi) is 4.58. The maximum atomic E-state index is 11.0. The third-order valence-electron chi connectivity index (χ3n) is 5.66. The number of nitrogens with two attached hydrogens (primary N) is 1. The van der Waals surface area contributed by atoms with Gasteiger partial charge in [-0.1, -0.05) is 0 Å². The van der Waals surface area contributed by atoms with Gasteiger partial charge in [-0.3, -0.25) is 10.1 Å². The Bertz CT molecular complexity index is 978. The highest BCUT2D eigenvalue weighted by Crippen LogP contribution is 2.31. The average Bonchev–Trinajstić information content (AvgIpc) is 3.22. The molecule has 6 heteroatoms. The van der Waals surface area contributed by atoms with Crippen molar-refractivity contribution >= 4 is 22.3 Å². The third-order valence-corrected chi connectivity index (χ3v) is 5.66. The van der Waals surface area contributed by atoms with Crippen LogP contribution < -0.4 is 5.73 Å². The summed E-state index contributed by atoms with van der Waals surface area (Å²) < 4.78 is 2.32. The molecule has 0 radical (unpaired) electrons. The van der Waals surface area contributed by atoms with E-state index < -0.39 is 0 Å². The number of aromatic nitrogens is 1. The van der Waals surface area contributed by atoms with Crippen LogP contribution in [0.4, 0.5) is 11.4 Å². The Labute approximate surface area is 158 Å². The molecule has 1 fully saturated rings. The van der Waals surface area contributed by atoms with Gasteiger partial charge in [0.05, 0.1) is 4.92 Å². The molecule has 1 aliphatic heterocycles. The fourth-order valence-electron chi connectivity index (χ4n) is 4.15. The summed E-state index contributed by atoms with van der Waals surface area (Å²) in [7, 11) is 2.20. The van der Waals surface area contributed by atoms with Crippen molar-refractivity contribution in [3.05, 3.63) is 58.6 Å². The Morgan fingerprint density at radius 1 is 1.19 bits per heavy atom. The van der Waals surface area contributed by atoms with Crippen LogP contribution in [0, 0.1) is 10.1 Å². The van der Waals surface area contributed by atoms with Gasteiger partial charge in [-0.05, 0) is 74.8 Å². The van der Waals surface area contributed by atoms with Crippen molar-refractivity contribution in [2.45, 2.75) is 31.8 Å². The van der Waals surface area contributed by atoms with Crippen LogP contribution in [0.25, 0.3) is 22.2 Å². The van der Waals surface area contributed by atoms with Crippen LogP contribution in [0.1, 0.15) is 19.3 Å². The molecule has 1 aliphatic rings. The van der Waals surface area contributed by atoms with E-state index in [1.807, 2.05) is 24.3 Å². The molecule has 27 heavy (non-hydrogen) atoms. The number of likely N-dealkylation sites (tertiary alicyclic amines) is 1. The van der Waals surface area contributed by atoms with Crippen molar-refractivity contribution in [2.24, 2.45) is 0 Å². The fraction of sp³-hybridized carbons (Fsp3) is 0.333. The molecule has 4 rings (SSSR count). The maximum Gasteiger partial charge on any atom is 0.269 e. The van der Waals surface area contributed by atoms with Crippen LogP contribution in [0.2, 0.25) is 0 Å². The predicted octanol–water partition coefficient (Wildman–Crippen LogP) is 4.28. The van der Waals surface area contributed by atoms with Crippen molar-refractivity contribution < 1.29 is 4.92 Å². The minimum atomic E-state index is -0.365. The molecule has 3 aromatic rings. The summed E-state index contributed by atoms with van der Waals surface area (Å²) in [5, 5.41) is 12.1. The van der Waals surface area contributed by atoms with E-state index in [0.717, 1.165) is 40.8 Å². The Morgan fingerprint density at radius 2 is 1.96 bits per heavy atom. The molecule has 0 aliphatic carbocycles. The van der Waals surface area contributed by atoms with E-state index in [1.54, 1.807) is 12.1 Å². The van der Waals surface area contributed by atoms with Crippen LogP contribution in [0.3, 0.4) is 0 Å². The summed E-state index contributed by atoms with van der Waals surface area (Å²) in [5.74, 6) is 0. The lowest BCUT2D eigenvalue weighted by Gasteiger charge is -2.20. The minimum absolute atomic E-state index is 0.109. The second-order valence-corrected chi connectivity index (χ2v) is 7.37. The van der Waals surface area contributed by atoms with Gasteiger partial charge in [-0.15, -0.1) is 0 Å². The molecule has 2 heterocycles. The van der Waals surface area contributed by atoms with Crippen LogP contribution >= 0.6 is 0 Å². The van der Waals surface area contributed by atoms with Crippen LogP contribution in [0.15, 0.2) is 48.5 Å². The molecule has 2 aromatic carbocycles. The van der Waals surface area contributed by atoms with Gasteiger partial charge in [-0.25, -0.2) is 0 Å². The van der Waals surface area contributed by atoms with Crippen molar-refractivity contribution in [3.8, 4) is 11.3 Å². The van der Waals surface area contributed by atoms with Crippen LogP contribution in [-0.4, -0.2) is 34.0 Å². The lowest BCUT2D eigenvalue weighted by Crippen LogP contribution is -2.26. The number of hydrogen-bond donors (Lipinski definition) is 1. The van der Waals surface area contributed by atoms with Gasteiger partial charge in [-0.2, -0.15) is 0 Å². The molecule has 140 valence electrons. The van der Waals surface area contributed by atoms with E-state index in [0.29, 0.717) is 6.04 Å². The number of nitro groups is 1. The number of benzene rings is 2. The lowest BCUT2D eigenvalue weighted by atomic mass is 10.1. The first-order chi connectivity index (χ1) is 13.0. The largest absolute Gasteiger partial charge is 0.399 e. The molecule has 0 amide bonds. The molecule has 6 nitrogen and oxygen atoms in total. The summed E-state index contributed by atoms with van der Waals surface area (Å²) in [6.45, 7) is 2.08. The number of nitro benzene ring substituents is 1. The highest BCUT2D eigenvalue weighted by Gasteiger charge is 2.21. The van der Waals surface area contributed by atoms with E-state index >= 15 is 0 Å². The standard InChI is InChI=1S/C21H24N4O2/c1-23-11-2-3-18(23)10-12-24-20-9-6-17(22)13-16(20)14-21(24)15-4-7-19(8-5-15)25(26)27/h4-9,13-14,18H,2-3,10-12,22H2,1H3. The van der Waals surface area contributed by atoms with Crippen molar-refractivity contribution in [1.29, 1.82) is 0 Å². The summed E-state index contributed by atoms with van der Waals surface area (Å²) in [6, 6.07) is 15.5. The number of anilines is 1. The highest BCUT2D eigenvalue weighted by molar-refractivity contribution is 5.89. The monoisotopic (exact) mass is 364 g/mol. The van der Waals surface area contributed by atoms with Gasteiger partial charge >= 0.3 is 0 Å². The van der Waals surface area contributed by atoms with Gasteiger partial charge in [0.1, 0.15) is 0 Å².